The Labute approximate surface area is 101 Å². The predicted octanol–water partition coefficient (Wildman–Crippen LogP) is 1.71. The number of hydrogen-bond donors (Lipinski definition) is 1. The van der Waals surface area contributed by atoms with Gasteiger partial charge in [0.05, 0.1) is 18.7 Å². The van der Waals surface area contributed by atoms with E-state index in [2.05, 4.69) is 0 Å². The number of likely N-dealkylation sites (N-methyl/N-ethyl adjacent to an activating group) is 1. The minimum atomic E-state index is -0.507. The number of carbonyl (C=O) groups is 1. The monoisotopic (exact) mass is 239 g/mol. The molecule has 1 N–H and O–H groups in total. The molecule has 1 aromatic carbocycles. The molecule has 0 spiro atoms. The van der Waals surface area contributed by atoms with E-state index in [0.717, 1.165) is 0 Å². The first kappa shape index (κ1) is 13.8. The van der Waals surface area contributed by atoms with Crippen molar-refractivity contribution in [1.29, 1.82) is 0 Å². The molecule has 4 heteroatoms. The number of hydrogen-bond acceptors (Lipinski definition) is 3. The number of Topliss-reactive ketones (excluding diaryl/α,β-unsaturated/α-hetero) is 1. The topological polar surface area (TPSA) is 40.5 Å². The Morgan fingerprint density at radius 1 is 1.41 bits per heavy atom. The first-order valence-electron chi connectivity index (χ1n) is 5.48. The van der Waals surface area contributed by atoms with Crippen LogP contribution < -0.4 is 0 Å². The van der Waals surface area contributed by atoms with Crippen LogP contribution >= 0.6 is 0 Å². The molecule has 0 aliphatic carbocycles. The van der Waals surface area contributed by atoms with E-state index in [9.17, 15) is 14.3 Å². The number of ketones is 1. The Morgan fingerprint density at radius 2 is 2.00 bits per heavy atom. The van der Waals surface area contributed by atoms with Crippen LogP contribution in [0.5, 0.6) is 0 Å². The quantitative estimate of drug-likeness (QED) is 0.795. The average Bonchev–Trinajstić information content (AvgIpc) is 2.29. The van der Waals surface area contributed by atoms with Crippen LogP contribution in [0.1, 0.15) is 24.2 Å². The fourth-order valence-corrected chi connectivity index (χ4v) is 1.32. The van der Waals surface area contributed by atoms with Crippen molar-refractivity contribution in [3.05, 3.63) is 35.6 Å². The molecule has 17 heavy (non-hydrogen) atoms. The van der Waals surface area contributed by atoms with Crippen LogP contribution in [0.25, 0.3) is 0 Å². The molecule has 0 unspecified atom stereocenters. The van der Waals surface area contributed by atoms with Gasteiger partial charge < -0.3 is 5.11 Å². The van der Waals surface area contributed by atoms with Gasteiger partial charge in [-0.05, 0) is 33.0 Å². The molecule has 0 heterocycles. The highest BCUT2D eigenvalue weighted by atomic mass is 19.1. The van der Waals surface area contributed by atoms with Crippen LogP contribution in [0, 0.1) is 5.82 Å². The van der Waals surface area contributed by atoms with Crippen LogP contribution in [0.4, 0.5) is 4.39 Å². The lowest BCUT2D eigenvalue weighted by atomic mass is 10.0. The molecule has 0 aliphatic rings. The van der Waals surface area contributed by atoms with Gasteiger partial charge in [0.1, 0.15) is 5.82 Å². The summed E-state index contributed by atoms with van der Waals surface area (Å²) in [6.07, 6.45) is 0. The van der Waals surface area contributed by atoms with Crippen molar-refractivity contribution in [3.63, 3.8) is 0 Å². The summed E-state index contributed by atoms with van der Waals surface area (Å²) in [5.74, 6) is -0.792. The molecule has 0 saturated carbocycles. The zero-order valence-electron chi connectivity index (χ0n) is 10.4. The molecule has 0 saturated heterocycles. The van der Waals surface area contributed by atoms with Crippen LogP contribution in [0.3, 0.4) is 0 Å². The third-order valence-corrected chi connectivity index (χ3v) is 2.98. The van der Waals surface area contributed by atoms with Crippen molar-refractivity contribution < 1.29 is 14.3 Å². The summed E-state index contributed by atoms with van der Waals surface area (Å²) in [4.78, 5) is 13.6. The summed E-state index contributed by atoms with van der Waals surface area (Å²) < 4.78 is 13.4. The molecule has 0 atom stereocenters. The Bertz CT molecular complexity index is 404. The molecule has 0 fully saturated rings. The van der Waals surface area contributed by atoms with E-state index in [4.69, 9.17) is 0 Å². The Kier molecular flexibility index (Phi) is 4.37. The van der Waals surface area contributed by atoms with Gasteiger partial charge in [0.15, 0.2) is 5.78 Å². The number of halogens is 1. The maximum atomic E-state index is 13.4. The third kappa shape index (κ3) is 3.35. The summed E-state index contributed by atoms with van der Waals surface area (Å²) >= 11 is 0. The Morgan fingerprint density at radius 3 is 2.53 bits per heavy atom. The van der Waals surface area contributed by atoms with Crippen molar-refractivity contribution in [1.82, 2.24) is 4.90 Å². The van der Waals surface area contributed by atoms with Crippen molar-refractivity contribution in [2.75, 3.05) is 20.2 Å². The van der Waals surface area contributed by atoms with E-state index < -0.39 is 11.4 Å². The summed E-state index contributed by atoms with van der Waals surface area (Å²) in [5.41, 5.74) is -0.408. The van der Waals surface area contributed by atoms with E-state index in [1.54, 1.807) is 24.1 Å². The molecule has 0 radical (unpaired) electrons. The Balaban J connectivity index is 2.77. The lowest BCUT2D eigenvalue weighted by Crippen LogP contribution is -2.46. The first-order chi connectivity index (χ1) is 7.88. The van der Waals surface area contributed by atoms with Gasteiger partial charge in [-0.15, -0.1) is 0 Å². The SMILES string of the molecule is CN(CC(=O)c1ccccc1F)C(C)(C)CO. The highest BCUT2D eigenvalue weighted by Crippen LogP contribution is 2.13. The number of nitrogens with zero attached hydrogens (tertiary/aromatic N) is 1. The van der Waals surface area contributed by atoms with Crippen molar-refractivity contribution in [3.8, 4) is 0 Å². The molecule has 0 aromatic heterocycles. The highest BCUT2D eigenvalue weighted by molar-refractivity contribution is 5.97. The zero-order valence-corrected chi connectivity index (χ0v) is 10.4. The minimum absolute atomic E-state index is 0.0615. The third-order valence-electron chi connectivity index (χ3n) is 2.98. The number of aliphatic hydroxyl groups is 1. The lowest BCUT2D eigenvalue weighted by Gasteiger charge is -2.33. The molecular formula is C13H18FNO2. The fourth-order valence-electron chi connectivity index (χ4n) is 1.32. The van der Waals surface area contributed by atoms with Crippen molar-refractivity contribution in [2.45, 2.75) is 19.4 Å². The second kappa shape index (κ2) is 5.38. The predicted molar refractivity (Wildman–Crippen MR) is 64.5 cm³/mol. The van der Waals surface area contributed by atoms with Crippen LogP contribution in [0.15, 0.2) is 24.3 Å². The fraction of sp³-hybridized carbons (Fsp3) is 0.462. The Hall–Kier alpha value is -1.26. The second-order valence-electron chi connectivity index (χ2n) is 4.73. The molecule has 0 amide bonds. The summed E-state index contributed by atoms with van der Waals surface area (Å²) in [6, 6.07) is 5.92. The minimum Gasteiger partial charge on any atom is -0.394 e. The van der Waals surface area contributed by atoms with Gasteiger partial charge in [-0.25, -0.2) is 4.39 Å². The van der Waals surface area contributed by atoms with E-state index in [1.807, 2.05) is 13.8 Å². The number of carbonyl (C=O) groups excluding carboxylic acids is 1. The van der Waals surface area contributed by atoms with Gasteiger partial charge in [0, 0.05) is 5.54 Å². The number of benzene rings is 1. The van der Waals surface area contributed by atoms with Gasteiger partial charge in [0.25, 0.3) is 0 Å². The molecule has 0 aliphatic heterocycles. The first-order valence-corrected chi connectivity index (χ1v) is 5.48. The van der Waals surface area contributed by atoms with E-state index in [0.29, 0.717) is 0 Å². The number of rotatable bonds is 5. The zero-order chi connectivity index (χ0) is 13.1. The van der Waals surface area contributed by atoms with Gasteiger partial charge >= 0.3 is 0 Å². The van der Waals surface area contributed by atoms with Crippen molar-refractivity contribution >= 4 is 5.78 Å². The summed E-state index contributed by atoms with van der Waals surface area (Å²) in [5, 5.41) is 9.18. The second-order valence-corrected chi connectivity index (χ2v) is 4.73. The molecule has 0 bridgehead atoms. The van der Waals surface area contributed by atoms with Gasteiger partial charge in [-0.3, -0.25) is 9.69 Å². The van der Waals surface area contributed by atoms with E-state index in [-0.39, 0.29) is 24.5 Å². The standard InChI is InChI=1S/C13H18FNO2/c1-13(2,9-16)15(3)8-12(17)10-6-4-5-7-11(10)14/h4-7,16H,8-9H2,1-3H3. The molecule has 1 rings (SSSR count). The van der Waals surface area contributed by atoms with Crippen molar-refractivity contribution in [2.24, 2.45) is 0 Å². The molecule has 94 valence electrons. The summed E-state index contributed by atoms with van der Waals surface area (Å²) in [7, 11) is 1.73. The maximum Gasteiger partial charge on any atom is 0.179 e. The molecular weight excluding hydrogens is 221 g/mol. The van der Waals surface area contributed by atoms with Crippen LogP contribution in [-0.2, 0) is 0 Å². The van der Waals surface area contributed by atoms with Crippen LogP contribution in [-0.4, -0.2) is 41.5 Å². The van der Waals surface area contributed by atoms with E-state index in [1.165, 1.54) is 12.1 Å². The normalized spacial score (nSPS) is 11.9. The van der Waals surface area contributed by atoms with Crippen LogP contribution in [0.2, 0.25) is 0 Å². The number of aliphatic hydroxyl groups excluding tert-OH is 1. The molecule has 1 aromatic rings. The van der Waals surface area contributed by atoms with E-state index >= 15 is 0 Å². The van der Waals surface area contributed by atoms with Gasteiger partial charge in [0.2, 0.25) is 0 Å². The van der Waals surface area contributed by atoms with Gasteiger partial charge in [-0.2, -0.15) is 0 Å². The smallest absolute Gasteiger partial charge is 0.179 e. The average molecular weight is 239 g/mol. The molecule has 3 nitrogen and oxygen atoms in total. The largest absolute Gasteiger partial charge is 0.394 e. The maximum absolute atomic E-state index is 13.4. The highest BCUT2D eigenvalue weighted by Gasteiger charge is 2.25. The lowest BCUT2D eigenvalue weighted by molar-refractivity contribution is 0.0657. The summed E-state index contributed by atoms with van der Waals surface area (Å²) in [6.45, 7) is 3.66. The van der Waals surface area contributed by atoms with Gasteiger partial charge in [-0.1, -0.05) is 12.1 Å².